The Kier molecular flexibility index (Phi) is 5.74. The molecule has 0 aromatic heterocycles. The van der Waals surface area contributed by atoms with Crippen molar-refractivity contribution in [3.05, 3.63) is 55.6 Å². The average molecular weight is 473 g/mol. The molecule has 0 spiro atoms. The van der Waals surface area contributed by atoms with E-state index in [1.807, 2.05) is 25.1 Å². The van der Waals surface area contributed by atoms with Crippen LogP contribution in [0.1, 0.15) is 35.4 Å². The smallest absolute Gasteiger partial charge is 0.488 e. The minimum atomic E-state index is -0.750. The lowest BCUT2D eigenvalue weighted by molar-refractivity contribution is 0.120. The highest BCUT2D eigenvalue weighted by Crippen LogP contribution is 2.46. The Bertz CT molecular complexity index is 802. The van der Waals surface area contributed by atoms with E-state index in [2.05, 4.69) is 33.4 Å². The van der Waals surface area contributed by atoms with Crippen molar-refractivity contribution in [2.75, 3.05) is 7.11 Å². The van der Waals surface area contributed by atoms with Gasteiger partial charge in [-0.15, -0.1) is 0 Å². The number of carbonyl (C=O) groups is 1. The second-order valence-corrected chi connectivity index (χ2v) is 7.54. The second-order valence-electron chi connectivity index (χ2n) is 5.97. The average Bonchev–Trinajstić information content (AvgIpc) is 3.42. The summed E-state index contributed by atoms with van der Waals surface area (Å²) in [6, 6.07) is 9.47. The summed E-state index contributed by atoms with van der Waals surface area (Å²) < 4.78 is 16.8. The first-order valence-electron chi connectivity index (χ1n) is 7.95. The van der Waals surface area contributed by atoms with Crippen molar-refractivity contribution in [3.8, 4) is 11.5 Å². The summed E-state index contributed by atoms with van der Waals surface area (Å²) in [5, 5.41) is 0.688. The van der Waals surface area contributed by atoms with Gasteiger partial charge in [0.1, 0.15) is 18.1 Å². The normalized spacial score (nSPS) is 13.4. The molecule has 2 aromatic rings. The van der Waals surface area contributed by atoms with Gasteiger partial charge in [-0.05, 0) is 77.6 Å². The van der Waals surface area contributed by atoms with Crippen molar-refractivity contribution in [2.45, 2.75) is 32.3 Å². The summed E-state index contributed by atoms with van der Waals surface area (Å²) in [7, 11) is 1.28. The zero-order valence-corrected chi connectivity index (χ0v) is 16.9. The molecule has 1 fully saturated rings. The fraction of sp³-hybridized carbons (Fsp3) is 0.316. The maximum Gasteiger partial charge on any atom is 0.513 e. The Morgan fingerprint density at radius 2 is 2.04 bits per heavy atom. The third-order valence-corrected chi connectivity index (χ3v) is 5.53. The van der Waals surface area contributed by atoms with Crippen molar-refractivity contribution in [3.63, 3.8) is 0 Å². The predicted molar refractivity (Wildman–Crippen MR) is 105 cm³/mol. The molecule has 1 aliphatic rings. The van der Waals surface area contributed by atoms with Gasteiger partial charge in [0.05, 0.1) is 7.11 Å². The van der Waals surface area contributed by atoms with E-state index >= 15 is 0 Å². The number of aryl methyl sites for hydroxylation is 1. The van der Waals surface area contributed by atoms with Crippen LogP contribution in [0.3, 0.4) is 0 Å². The monoisotopic (exact) mass is 472 g/mol. The molecule has 6 heteroatoms. The van der Waals surface area contributed by atoms with E-state index in [9.17, 15) is 4.79 Å². The number of rotatable bonds is 5. The van der Waals surface area contributed by atoms with Gasteiger partial charge < -0.3 is 14.2 Å². The molecule has 0 atom stereocenters. The van der Waals surface area contributed by atoms with Crippen molar-refractivity contribution in [2.24, 2.45) is 0 Å². The SMILES string of the molecule is COC(=O)Oc1cccc(I)c1COc1cc(Cl)c(C)cc1C1CC1. The van der Waals surface area contributed by atoms with Crippen molar-refractivity contribution >= 4 is 40.3 Å². The largest absolute Gasteiger partial charge is 0.513 e. The Morgan fingerprint density at radius 1 is 1.28 bits per heavy atom. The van der Waals surface area contributed by atoms with Crippen LogP contribution in [0, 0.1) is 10.5 Å². The number of hydrogen-bond acceptors (Lipinski definition) is 4. The second kappa shape index (κ2) is 7.83. The first-order chi connectivity index (χ1) is 12.0. The summed E-state index contributed by atoms with van der Waals surface area (Å²) >= 11 is 8.47. The van der Waals surface area contributed by atoms with E-state index in [1.165, 1.54) is 25.5 Å². The van der Waals surface area contributed by atoms with E-state index in [0.717, 1.165) is 20.4 Å². The maximum absolute atomic E-state index is 11.4. The Morgan fingerprint density at radius 3 is 2.72 bits per heavy atom. The molecule has 1 aliphatic carbocycles. The van der Waals surface area contributed by atoms with Crippen LogP contribution >= 0.6 is 34.2 Å². The van der Waals surface area contributed by atoms with Crippen LogP contribution in [0.15, 0.2) is 30.3 Å². The molecular weight excluding hydrogens is 455 g/mol. The first-order valence-corrected chi connectivity index (χ1v) is 9.41. The van der Waals surface area contributed by atoms with E-state index in [0.29, 0.717) is 16.7 Å². The molecule has 0 unspecified atom stereocenters. The third-order valence-electron chi connectivity index (χ3n) is 4.12. The summed E-state index contributed by atoms with van der Waals surface area (Å²) in [4.78, 5) is 11.4. The van der Waals surface area contributed by atoms with E-state index in [-0.39, 0.29) is 6.61 Å². The highest BCUT2D eigenvalue weighted by molar-refractivity contribution is 14.1. The lowest BCUT2D eigenvalue weighted by Crippen LogP contribution is -2.11. The molecule has 0 bridgehead atoms. The molecule has 0 amide bonds. The topological polar surface area (TPSA) is 44.8 Å². The van der Waals surface area contributed by atoms with E-state index in [4.69, 9.17) is 21.1 Å². The van der Waals surface area contributed by atoms with Gasteiger partial charge in [-0.3, -0.25) is 0 Å². The number of hydrogen-bond donors (Lipinski definition) is 0. The van der Waals surface area contributed by atoms with Crippen molar-refractivity contribution < 1.29 is 19.0 Å². The Hall–Kier alpha value is -1.47. The zero-order chi connectivity index (χ0) is 18.0. The molecule has 0 N–H and O–H groups in total. The fourth-order valence-corrected chi connectivity index (χ4v) is 3.36. The molecule has 132 valence electrons. The van der Waals surface area contributed by atoms with Gasteiger partial charge in [-0.2, -0.15) is 0 Å². The van der Waals surface area contributed by atoms with Crippen LogP contribution < -0.4 is 9.47 Å². The molecule has 0 aliphatic heterocycles. The third kappa shape index (κ3) is 4.39. The molecular formula is C19H18ClIO4. The molecule has 0 heterocycles. The lowest BCUT2D eigenvalue weighted by Gasteiger charge is -2.16. The lowest BCUT2D eigenvalue weighted by atomic mass is 10.1. The Balaban J connectivity index is 1.85. The highest BCUT2D eigenvalue weighted by atomic mass is 127. The zero-order valence-electron chi connectivity index (χ0n) is 14.0. The summed E-state index contributed by atoms with van der Waals surface area (Å²) in [6.07, 6.45) is 1.61. The minimum absolute atomic E-state index is 0.282. The highest BCUT2D eigenvalue weighted by Gasteiger charge is 2.27. The summed E-state index contributed by atoms with van der Waals surface area (Å²) in [6.45, 7) is 2.28. The molecule has 4 nitrogen and oxygen atoms in total. The number of benzene rings is 2. The Labute approximate surface area is 165 Å². The van der Waals surface area contributed by atoms with Crippen molar-refractivity contribution in [1.82, 2.24) is 0 Å². The first kappa shape index (κ1) is 18.3. The van der Waals surface area contributed by atoms with Gasteiger partial charge in [0.25, 0.3) is 0 Å². The van der Waals surface area contributed by atoms with Gasteiger partial charge in [0, 0.05) is 14.2 Å². The molecule has 3 rings (SSSR count). The van der Waals surface area contributed by atoms with Crippen LogP contribution in [0.2, 0.25) is 5.02 Å². The van der Waals surface area contributed by atoms with Gasteiger partial charge >= 0.3 is 6.16 Å². The van der Waals surface area contributed by atoms with E-state index in [1.54, 1.807) is 6.07 Å². The minimum Gasteiger partial charge on any atom is -0.488 e. The fourth-order valence-electron chi connectivity index (χ4n) is 2.58. The van der Waals surface area contributed by atoms with Crippen LogP contribution in [-0.4, -0.2) is 13.3 Å². The van der Waals surface area contributed by atoms with Gasteiger partial charge in [-0.1, -0.05) is 23.7 Å². The van der Waals surface area contributed by atoms with Crippen LogP contribution in [0.4, 0.5) is 4.79 Å². The number of halogens is 2. The molecule has 2 aromatic carbocycles. The van der Waals surface area contributed by atoms with Gasteiger partial charge in [-0.25, -0.2) is 4.79 Å². The maximum atomic E-state index is 11.4. The quantitative estimate of drug-likeness (QED) is 0.311. The van der Waals surface area contributed by atoms with Gasteiger partial charge in [0.15, 0.2) is 0 Å². The number of methoxy groups -OCH3 is 1. The molecule has 25 heavy (non-hydrogen) atoms. The van der Waals surface area contributed by atoms with Crippen LogP contribution in [0.25, 0.3) is 0 Å². The van der Waals surface area contributed by atoms with Crippen LogP contribution in [0.5, 0.6) is 11.5 Å². The van der Waals surface area contributed by atoms with Crippen LogP contribution in [-0.2, 0) is 11.3 Å². The predicted octanol–water partition coefficient (Wildman–Crippen LogP) is 5.85. The standard InChI is InChI=1S/C19H18ClIO4/c1-11-8-13(12-6-7-12)18(9-15(11)20)24-10-14-16(21)4-3-5-17(14)25-19(22)23-2/h3-5,8-9,12H,6-7,10H2,1-2H3. The molecule has 1 saturated carbocycles. The van der Waals surface area contributed by atoms with Crippen molar-refractivity contribution in [1.29, 1.82) is 0 Å². The molecule has 0 saturated heterocycles. The van der Waals surface area contributed by atoms with E-state index < -0.39 is 6.16 Å². The number of ether oxygens (including phenoxy) is 3. The number of carbonyl (C=O) groups excluding carboxylic acids is 1. The summed E-state index contributed by atoms with van der Waals surface area (Å²) in [5.74, 6) is 1.78. The van der Waals surface area contributed by atoms with Gasteiger partial charge in [0.2, 0.25) is 0 Å². The molecule has 0 radical (unpaired) electrons. The summed E-state index contributed by atoms with van der Waals surface area (Å²) in [5.41, 5.74) is 3.05.